The van der Waals surface area contributed by atoms with E-state index in [1.165, 1.54) is 84.1 Å². The van der Waals surface area contributed by atoms with Crippen LogP contribution in [0.1, 0.15) is 168 Å². The van der Waals surface area contributed by atoms with Crippen molar-refractivity contribution >= 4 is 33.4 Å². The number of para-hydroxylation sites is 1. The summed E-state index contributed by atoms with van der Waals surface area (Å²) in [6, 6.07) is 127. The average molecular weight is 2630 g/mol. The molecule has 0 unspecified atom stereocenters. The molecule has 2 N–H and O–H groups in total. The molecular weight excluding hydrogens is 2490 g/mol. The number of aliphatic hydroxyl groups is 2. The molecule has 17 aromatic rings. The number of allylic oxidation sites excluding steroid dienone is 4. The summed E-state index contributed by atoms with van der Waals surface area (Å²) in [7, 11) is 0. The summed E-state index contributed by atoms with van der Waals surface area (Å²) in [6.07, 6.45) is 14.5. The van der Waals surface area contributed by atoms with E-state index in [9.17, 15) is 19.8 Å². The number of ketones is 2. The van der Waals surface area contributed by atoms with Crippen LogP contribution in [0.3, 0.4) is 0 Å². The molecule has 758 valence electrons. The Morgan fingerprint density at radius 1 is 0.317 bits per heavy atom. The molecule has 10 nitrogen and oxygen atoms in total. The van der Waals surface area contributed by atoms with Crippen molar-refractivity contribution in [3.8, 4) is 101 Å². The number of hydrogen-bond acceptors (Lipinski definition) is 10. The Bertz CT molecular complexity index is 6680. The van der Waals surface area contributed by atoms with Crippen molar-refractivity contribution in [3.63, 3.8) is 0 Å². The quantitative estimate of drug-likeness (QED) is 0.0404. The van der Waals surface area contributed by atoms with Gasteiger partial charge in [0.2, 0.25) is 0 Å². The first-order chi connectivity index (χ1) is 67.5. The zero-order valence-electron chi connectivity index (χ0n) is 87.6. The molecule has 0 saturated carbocycles. The number of benzene rings is 11. The Morgan fingerprint density at radius 2 is 0.731 bits per heavy atom. The van der Waals surface area contributed by atoms with E-state index in [1.54, 1.807) is 6.20 Å². The summed E-state index contributed by atoms with van der Waals surface area (Å²) in [6.45, 7) is 43.2. The Labute approximate surface area is 919 Å². The van der Waals surface area contributed by atoms with Gasteiger partial charge in [0.1, 0.15) is 5.76 Å². The van der Waals surface area contributed by atoms with Crippen LogP contribution in [0.2, 0.25) is 0 Å². The molecule has 0 spiro atoms. The molecule has 6 heterocycles. The first-order valence-electron chi connectivity index (χ1n) is 49.0. The number of carbonyl (C=O) groups excluding carboxylic acids is 2. The smallest absolute Gasteiger partial charge is 0.164 e. The number of hydrogen-bond donors (Lipinski definition) is 2. The normalized spacial score (nSPS) is 10.9. The number of aryl methyl sites for hydroxylation is 5. The van der Waals surface area contributed by atoms with E-state index in [1.807, 2.05) is 240 Å². The van der Waals surface area contributed by atoms with Crippen molar-refractivity contribution in [2.45, 2.75) is 178 Å². The maximum Gasteiger partial charge on any atom is 0.164 e. The second kappa shape index (κ2) is 61.3. The monoisotopic (exact) mass is 2630 g/mol. The first kappa shape index (κ1) is 122. The zero-order chi connectivity index (χ0) is 102. The van der Waals surface area contributed by atoms with Gasteiger partial charge < -0.3 is 30.1 Å². The maximum atomic E-state index is 11.5. The fourth-order valence-electron chi connectivity index (χ4n) is 15.4. The fourth-order valence-corrected chi connectivity index (χ4v) is 15.4. The predicted octanol–water partition coefficient (Wildman–Crippen LogP) is 33.9. The van der Waals surface area contributed by atoms with Gasteiger partial charge in [-0.3, -0.25) is 19.6 Å². The Kier molecular flexibility index (Phi) is 51.4. The van der Waals surface area contributed by atoms with Crippen molar-refractivity contribution in [1.29, 1.82) is 0 Å². The molecule has 0 aliphatic rings. The number of aromatic nitrogens is 6. The number of nitrogens with zero attached hydrogens (tertiary/aromatic N) is 6. The number of aliphatic hydroxyl groups excluding tert-OH is 2. The van der Waals surface area contributed by atoms with Crippen LogP contribution in [0.25, 0.3) is 123 Å². The summed E-state index contributed by atoms with van der Waals surface area (Å²) in [5.41, 5.74) is 30.9. The maximum absolute atomic E-state index is 11.5. The number of carbonyl (C=O) groups is 2. The number of fused-ring (bicyclic) bond motifs is 2. The summed E-state index contributed by atoms with van der Waals surface area (Å²) in [5, 5.41) is 21.4. The summed E-state index contributed by atoms with van der Waals surface area (Å²) >= 11 is 0. The fraction of sp³-hybridized carbons (Fsp3) is 0.252. The van der Waals surface area contributed by atoms with Crippen LogP contribution in [-0.2, 0) is 109 Å². The summed E-state index contributed by atoms with van der Waals surface area (Å²) in [4.78, 5) is 50.0. The van der Waals surface area contributed by atoms with Gasteiger partial charge >= 0.3 is 0 Å². The van der Waals surface area contributed by atoms with E-state index < -0.39 is 5.41 Å². The van der Waals surface area contributed by atoms with E-state index in [0.29, 0.717) is 42.4 Å². The minimum absolute atomic E-state index is 0. The van der Waals surface area contributed by atoms with Crippen LogP contribution in [0.15, 0.2) is 364 Å². The average Bonchev–Trinajstić information content (AvgIpc) is 0.761. The minimum Gasteiger partial charge on any atom is -0.512 e. The van der Waals surface area contributed by atoms with E-state index in [0.717, 1.165) is 115 Å². The molecule has 0 bridgehead atoms. The van der Waals surface area contributed by atoms with Crippen LogP contribution in [0, 0.1) is 111 Å². The van der Waals surface area contributed by atoms with Gasteiger partial charge in [0.25, 0.3) is 0 Å². The summed E-state index contributed by atoms with van der Waals surface area (Å²) < 4.78 is 0. The molecule has 0 amide bonds. The van der Waals surface area contributed by atoms with Crippen LogP contribution in [0.4, 0.5) is 0 Å². The molecule has 0 aliphatic carbocycles. The van der Waals surface area contributed by atoms with E-state index in [-0.39, 0.29) is 109 Å². The van der Waals surface area contributed by atoms with Gasteiger partial charge in [-0.25, -0.2) is 0 Å². The third-order valence-electron chi connectivity index (χ3n) is 22.3. The molecule has 17 rings (SSSR count). The van der Waals surface area contributed by atoms with E-state index in [2.05, 4.69) is 295 Å². The third kappa shape index (κ3) is 41.4. The molecule has 0 fully saturated rings. The van der Waals surface area contributed by atoms with Crippen molar-refractivity contribution in [2.75, 3.05) is 0 Å². The van der Waals surface area contributed by atoms with Gasteiger partial charge in [-0.15, -0.1) is 213 Å². The molecule has 6 aromatic heterocycles. The van der Waals surface area contributed by atoms with Crippen LogP contribution < -0.4 is 0 Å². The molecular formula is C131H138Ir4N6O4-6. The first-order valence-corrected chi connectivity index (χ1v) is 49.0. The molecule has 11 aromatic carbocycles. The second-order valence-corrected chi connectivity index (χ2v) is 39.9. The SMILES string of the molecule is CC(C)(C)C(=O)C=C(O)C(C)(C)C.CC(C)CC(=O)C=C(O)CC(C)C.CC(C)Cc1ccc(-c2ccnc(-c3[c-]cccc3)c2)cc1.Cc1[c-]c(-c2cc(CC(C)C)c3cc(-c4ccccc4)ccc3n2)cc(C)c1.Cc1[c-]c(-c2cc(CC(C)C)c3ccccc3n2)cc(C)c1.Cc1ccc(-c2[c-]cccc2)nc1.[Ir].[Ir].[Ir].[Ir].[c-]1ccccc1-c1ccc(-c2ccccc2)cn1.[c-]1ccccc1-c1ccccn1. The predicted molar refractivity (Wildman–Crippen MR) is 591 cm³/mol. The van der Waals surface area contributed by atoms with Gasteiger partial charge in [-0.2, -0.15) is 0 Å². The van der Waals surface area contributed by atoms with Crippen molar-refractivity contribution in [3.05, 3.63) is 445 Å². The number of pyridine rings is 6. The van der Waals surface area contributed by atoms with E-state index in [4.69, 9.17) is 9.97 Å². The topological polar surface area (TPSA) is 152 Å². The Morgan fingerprint density at radius 3 is 1.17 bits per heavy atom. The molecule has 4 radical (unpaired) electrons. The summed E-state index contributed by atoms with van der Waals surface area (Å²) in [5.74, 6) is 2.98. The Hall–Kier alpha value is -12.1. The van der Waals surface area contributed by atoms with Crippen molar-refractivity contribution in [2.24, 2.45) is 40.4 Å². The molecule has 0 atom stereocenters. The van der Waals surface area contributed by atoms with Gasteiger partial charge in [0, 0.05) is 152 Å². The standard InChI is InChI=1S/C27H26N.C21H22N.C21H20N.C17H12N.C12H10N.C11H8N.2C11H20O2.4Ir/c1-18(2)12-23-17-27(24-14-19(3)13-20(4)15-24)28-26-11-10-22(16-25(23)26)21-8-6-5-7-9-21;1-14(2)9-17-13-21(18-11-15(3)10-16(4)12-18)22-20-8-6-5-7-19(17)20;1-16(2)14-17-8-10-18(11-9-17)20-12-13-22-21(15-20)19-6-4-3-5-7-19;1-3-7-14(8-4-1)16-11-12-17(18-13-16)15-9-5-2-6-10-15;1-10-7-8-12(13-9-10)11-5-3-2-4-6-11;1-2-6-10(7-3-1)11-8-4-5-9-12-11;1-10(2,3)8(12)7-9(13)11(4,5)6;1-8(2)5-10(12)7-11(13)6-9(3)4;;;;/h5-11,13-14,16-18H,12H2,1-4H3;5-8,10-11,13-14H,9H2,1-4H3;3-6,8-13,15-16H,14H2,1-2H3;1-9,11-13H;2-5,7-9H,1H3;1-6,8-9H;7,12H,1-6H3;7-9,12H,5-6H2,1-4H3;;;;/q6*-1;;;;;;. The second-order valence-electron chi connectivity index (χ2n) is 39.9. The van der Waals surface area contributed by atoms with Crippen LogP contribution in [-0.4, -0.2) is 51.7 Å². The molecule has 145 heavy (non-hydrogen) atoms. The van der Waals surface area contributed by atoms with Gasteiger partial charge in [-0.05, 0) is 176 Å². The van der Waals surface area contributed by atoms with Crippen molar-refractivity contribution in [1.82, 2.24) is 29.9 Å². The van der Waals surface area contributed by atoms with Gasteiger partial charge in [-0.1, -0.05) is 302 Å². The molecule has 0 saturated heterocycles. The van der Waals surface area contributed by atoms with Crippen molar-refractivity contribution < 1.29 is 100 Å². The third-order valence-corrected chi connectivity index (χ3v) is 22.3. The van der Waals surface area contributed by atoms with Crippen LogP contribution in [0.5, 0.6) is 0 Å². The van der Waals surface area contributed by atoms with Gasteiger partial charge in [0.05, 0.1) is 16.8 Å². The minimum atomic E-state index is -0.417. The van der Waals surface area contributed by atoms with E-state index >= 15 is 0 Å². The molecule has 14 heteroatoms. The number of rotatable bonds is 21. The molecule has 0 aliphatic heterocycles. The van der Waals surface area contributed by atoms with Crippen LogP contribution >= 0.6 is 0 Å². The zero-order valence-corrected chi connectivity index (χ0v) is 97.2. The van der Waals surface area contributed by atoms with Gasteiger partial charge in [0.15, 0.2) is 11.6 Å². The largest absolute Gasteiger partial charge is 0.512 e. The Balaban J connectivity index is 0.000000257.